The first-order valence-corrected chi connectivity index (χ1v) is 7.02. The largest absolute Gasteiger partial charge is 0.451 e. The molecule has 1 unspecified atom stereocenters. The Kier molecular flexibility index (Phi) is 4.90. The number of ether oxygens (including phenoxy) is 1. The second kappa shape index (κ2) is 6.49. The molecule has 2 nitrogen and oxygen atoms in total. The number of nitrogens with two attached hydrogens (primary N) is 1. The zero-order valence-electron chi connectivity index (χ0n) is 11.2. The highest BCUT2D eigenvalue weighted by molar-refractivity contribution is 9.10. The summed E-state index contributed by atoms with van der Waals surface area (Å²) in [4.78, 5) is 0. The zero-order valence-corrected chi connectivity index (χ0v) is 12.8. The van der Waals surface area contributed by atoms with Crippen LogP contribution in [-0.4, -0.2) is 6.04 Å². The lowest BCUT2D eigenvalue weighted by atomic mass is 10.1. The number of hydrogen-bond acceptors (Lipinski definition) is 2. The van der Waals surface area contributed by atoms with Gasteiger partial charge in [0.2, 0.25) is 0 Å². The Morgan fingerprint density at radius 2 is 1.71 bits per heavy atom. The summed E-state index contributed by atoms with van der Waals surface area (Å²) >= 11 is 3.08. The Balaban J connectivity index is 2.31. The highest BCUT2D eigenvalue weighted by atomic mass is 79.9. The predicted molar refractivity (Wildman–Crippen MR) is 77.9 cm³/mol. The summed E-state index contributed by atoms with van der Waals surface area (Å²) in [5.74, 6) is -2.86. The Hall–Kier alpha value is -1.53. The van der Waals surface area contributed by atoms with Crippen LogP contribution < -0.4 is 10.5 Å². The summed E-state index contributed by atoms with van der Waals surface area (Å²) in [6.45, 7) is 1.74. The molecule has 0 aliphatic rings. The normalized spacial score (nSPS) is 12.3. The van der Waals surface area contributed by atoms with Crippen molar-refractivity contribution in [1.29, 1.82) is 0 Å². The van der Waals surface area contributed by atoms with Gasteiger partial charge in [-0.25, -0.2) is 13.2 Å². The van der Waals surface area contributed by atoms with Crippen molar-refractivity contribution >= 4 is 15.9 Å². The highest BCUT2D eigenvalue weighted by Crippen LogP contribution is 2.31. The Labute approximate surface area is 128 Å². The molecule has 0 aliphatic heterocycles. The van der Waals surface area contributed by atoms with E-state index in [-0.39, 0.29) is 11.8 Å². The SMILES string of the molecule is CC(N)Cc1cc(F)c(Oc2cc(F)cc(Br)c2)c(F)c1. The quantitative estimate of drug-likeness (QED) is 0.868. The maximum Gasteiger partial charge on any atom is 0.198 e. The summed E-state index contributed by atoms with van der Waals surface area (Å²) < 4.78 is 46.6. The van der Waals surface area contributed by atoms with E-state index in [1.54, 1.807) is 6.92 Å². The van der Waals surface area contributed by atoms with Crippen LogP contribution in [0.3, 0.4) is 0 Å². The molecule has 0 radical (unpaired) electrons. The number of hydrogen-bond donors (Lipinski definition) is 1. The molecule has 112 valence electrons. The van der Waals surface area contributed by atoms with Gasteiger partial charge in [0.1, 0.15) is 11.6 Å². The molecule has 2 aromatic carbocycles. The van der Waals surface area contributed by atoms with Gasteiger partial charge in [-0.05, 0) is 43.2 Å². The minimum Gasteiger partial charge on any atom is -0.451 e. The minimum absolute atomic E-state index is 0.000354. The molecule has 0 saturated carbocycles. The van der Waals surface area contributed by atoms with Crippen molar-refractivity contribution in [1.82, 2.24) is 0 Å². The smallest absolute Gasteiger partial charge is 0.198 e. The second-order valence-corrected chi connectivity index (χ2v) is 5.69. The minimum atomic E-state index is -0.856. The van der Waals surface area contributed by atoms with Crippen LogP contribution in [0.1, 0.15) is 12.5 Å². The van der Waals surface area contributed by atoms with Gasteiger partial charge in [0, 0.05) is 16.6 Å². The van der Waals surface area contributed by atoms with Gasteiger partial charge < -0.3 is 10.5 Å². The molecule has 0 heterocycles. The molecule has 0 bridgehead atoms. The van der Waals surface area contributed by atoms with E-state index in [1.807, 2.05) is 0 Å². The van der Waals surface area contributed by atoms with Gasteiger partial charge in [-0.3, -0.25) is 0 Å². The lowest BCUT2D eigenvalue weighted by Crippen LogP contribution is -2.18. The van der Waals surface area contributed by atoms with Gasteiger partial charge >= 0.3 is 0 Å². The molecule has 2 rings (SSSR count). The first-order valence-electron chi connectivity index (χ1n) is 6.22. The molecule has 6 heteroatoms. The molecule has 1 atom stereocenters. The maximum atomic E-state index is 13.9. The fourth-order valence-electron chi connectivity index (χ4n) is 1.90. The van der Waals surface area contributed by atoms with Gasteiger partial charge in [-0.1, -0.05) is 15.9 Å². The molecule has 0 amide bonds. The van der Waals surface area contributed by atoms with Crippen molar-refractivity contribution < 1.29 is 17.9 Å². The average molecular weight is 360 g/mol. The Morgan fingerprint density at radius 1 is 1.10 bits per heavy atom. The van der Waals surface area contributed by atoms with E-state index in [9.17, 15) is 13.2 Å². The van der Waals surface area contributed by atoms with Crippen LogP contribution >= 0.6 is 15.9 Å². The molecular weight excluding hydrogens is 347 g/mol. The van der Waals surface area contributed by atoms with E-state index < -0.39 is 23.2 Å². The van der Waals surface area contributed by atoms with Gasteiger partial charge in [-0.2, -0.15) is 0 Å². The van der Waals surface area contributed by atoms with Crippen LogP contribution in [0.15, 0.2) is 34.8 Å². The molecule has 0 spiro atoms. The van der Waals surface area contributed by atoms with Crippen LogP contribution in [0.5, 0.6) is 11.5 Å². The monoisotopic (exact) mass is 359 g/mol. The van der Waals surface area contributed by atoms with Gasteiger partial charge in [0.25, 0.3) is 0 Å². The average Bonchev–Trinajstić information content (AvgIpc) is 2.31. The van der Waals surface area contributed by atoms with E-state index in [1.165, 1.54) is 12.1 Å². The number of halogens is 4. The molecule has 0 fully saturated rings. The zero-order chi connectivity index (χ0) is 15.6. The maximum absolute atomic E-state index is 13.9. The van der Waals surface area contributed by atoms with Gasteiger partial charge in [0.05, 0.1) is 0 Å². The number of benzene rings is 2. The van der Waals surface area contributed by atoms with Crippen molar-refractivity contribution in [3.8, 4) is 11.5 Å². The lowest BCUT2D eigenvalue weighted by Gasteiger charge is -2.11. The van der Waals surface area contributed by atoms with Crippen LogP contribution in [0.4, 0.5) is 13.2 Å². The first kappa shape index (κ1) is 15.9. The summed E-state index contributed by atoms with van der Waals surface area (Å²) in [5.41, 5.74) is 6.03. The van der Waals surface area contributed by atoms with E-state index in [0.29, 0.717) is 16.5 Å². The van der Waals surface area contributed by atoms with Crippen molar-refractivity contribution in [2.24, 2.45) is 5.73 Å². The molecule has 2 N–H and O–H groups in total. The third kappa shape index (κ3) is 4.22. The molecular formula is C15H13BrF3NO. The van der Waals surface area contributed by atoms with Crippen molar-refractivity contribution in [3.05, 3.63) is 57.8 Å². The second-order valence-electron chi connectivity index (χ2n) is 4.78. The molecule has 21 heavy (non-hydrogen) atoms. The summed E-state index contributed by atoms with van der Waals surface area (Å²) in [6.07, 6.45) is 0.347. The van der Waals surface area contributed by atoms with E-state index >= 15 is 0 Å². The first-order chi connectivity index (χ1) is 9.85. The third-order valence-electron chi connectivity index (χ3n) is 2.67. The highest BCUT2D eigenvalue weighted by Gasteiger charge is 2.15. The van der Waals surface area contributed by atoms with Crippen LogP contribution in [-0.2, 0) is 6.42 Å². The van der Waals surface area contributed by atoms with E-state index in [2.05, 4.69) is 15.9 Å². The van der Waals surface area contributed by atoms with Crippen molar-refractivity contribution in [2.75, 3.05) is 0 Å². The fourth-order valence-corrected chi connectivity index (χ4v) is 2.35. The molecule has 0 saturated heterocycles. The van der Waals surface area contributed by atoms with E-state index in [0.717, 1.165) is 18.2 Å². The summed E-state index contributed by atoms with van der Waals surface area (Å²) in [7, 11) is 0. The topological polar surface area (TPSA) is 35.2 Å². The van der Waals surface area contributed by atoms with Crippen LogP contribution in [0, 0.1) is 17.5 Å². The van der Waals surface area contributed by atoms with Crippen molar-refractivity contribution in [3.63, 3.8) is 0 Å². The van der Waals surface area contributed by atoms with E-state index in [4.69, 9.17) is 10.5 Å². The molecule has 2 aromatic rings. The Bertz CT molecular complexity index is 618. The predicted octanol–water partition coefficient (Wildman–Crippen LogP) is 4.55. The van der Waals surface area contributed by atoms with Gasteiger partial charge in [0.15, 0.2) is 17.4 Å². The molecule has 0 aromatic heterocycles. The van der Waals surface area contributed by atoms with Crippen LogP contribution in [0.25, 0.3) is 0 Å². The number of rotatable bonds is 4. The summed E-state index contributed by atoms with van der Waals surface area (Å²) in [6, 6.07) is 5.78. The van der Waals surface area contributed by atoms with Crippen molar-refractivity contribution in [2.45, 2.75) is 19.4 Å². The fraction of sp³-hybridized carbons (Fsp3) is 0.200. The third-order valence-corrected chi connectivity index (χ3v) is 3.13. The summed E-state index contributed by atoms with van der Waals surface area (Å²) in [5, 5.41) is 0. The van der Waals surface area contributed by atoms with Gasteiger partial charge in [-0.15, -0.1) is 0 Å². The molecule has 0 aliphatic carbocycles. The standard InChI is InChI=1S/C15H13BrF3NO/c1-8(20)2-9-3-13(18)15(14(19)4-9)21-12-6-10(16)5-11(17)7-12/h3-8H,2,20H2,1H3. The lowest BCUT2D eigenvalue weighted by molar-refractivity contribution is 0.403. The Morgan fingerprint density at radius 3 is 2.24 bits per heavy atom. The van der Waals surface area contributed by atoms with Crippen LogP contribution in [0.2, 0.25) is 0 Å².